The highest BCUT2D eigenvalue weighted by molar-refractivity contribution is 14.1. The predicted molar refractivity (Wildman–Crippen MR) is 112 cm³/mol. The van der Waals surface area contributed by atoms with Gasteiger partial charge in [-0.1, -0.05) is 64.6 Å². The lowest BCUT2D eigenvalue weighted by molar-refractivity contribution is 0.102. The van der Waals surface area contributed by atoms with Crippen molar-refractivity contribution < 1.29 is 4.79 Å². The molecule has 3 rings (SSSR count). The molecular weight excluding hydrogens is 465 g/mol. The zero-order chi connectivity index (χ0) is 17.8. The van der Waals surface area contributed by atoms with Gasteiger partial charge in [0.2, 0.25) is 5.13 Å². The lowest BCUT2D eigenvalue weighted by Gasteiger charge is -2.04. The molecule has 0 atom stereocenters. The fourth-order valence-corrected chi connectivity index (χ4v) is 4.74. The van der Waals surface area contributed by atoms with Crippen LogP contribution in [0.5, 0.6) is 0 Å². The van der Waals surface area contributed by atoms with Crippen molar-refractivity contribution in [2.75, 3.05) is 5.32 Å². The van der Waals surface area contributed by atoms with Crippen LogP contribution in [0.25, 0.3) is 0 Å². The van der Waals surface area contributed by atoms with Crippen LogP contribution in [0.3, 0.4) is 0 Å². The molecule has 1 aromatic heterocycles. The molecule has 0 fully saturated rings. The fraction of sp³-hybridized carbons (Fsp3) is 0.167. The number of rotatable bonds is 5. The van der Waals surface area contributed by atoms with Crippen molar-refractivity contribution in [2.45, 2.75) is 23.9 Å². The number of amides is 1. The van der Waals surface area contributed by atoms with Crippen LogP contribution in [0, 0.1) is 17.4 Å². The van der Waals surface area contributed by atoms with Gasteiger partial charge in [-0.2, -0.15) is 0 Å². The number of halogens is 1. The fourth-order valence-electron chi connectivity index (χ4n) is 2.12. The largest absolute Gasteiger partial charge is 0.296 e. The maximum absolute atomic E-state index is 12.4. The Bertz CT molecular complexity index is 894. The van der Waals surface area contributed by atoms with E-state index in [1.165, 1.54) is 22.5 Å². The summed E-state index contributed by atoms with van der Waals surface area (Å²) < 4.78 is 1.77. The van der Waals surface area contributed by atoms with Crippen LogP contribution in [0.1, 0.15) is 27.0 Å². The minimum atomic E-state index is -0.157. The molecule has 4 nitrogen and oxygen atoms in total. The maximum Gasteiger partial charge on any atom is 0.258 e. The van der Waals surface area contributed by atoms with E-state index in [0.29, 0.717) is 10.7 Å². The first-order valence-corrected chi connectivity index (χ1v) is 10.5. The minimum absolute atomic E-state index is 0.157. The molecule has 3 aromatic rings. The molecule has 7 heteroatoms. The zero-order valence-electron chi connectivity index (χ0n) is 13.7. The molecule has 0 aliphatic rings. The second kappa shape index (κ2) is 8.29. The number of hydrogen-bond donors (Lipinski definition) is 1. The smallest absolute Gasteiger partial charge is 0.258 e. The molecule has 1 N–H and O–H groups in total. The molecule has 0 saturated heterocycles. The van der Waals surface area contributed by atoms with Gasteiger partial charge in [-0.25, -0.2) is 0 Å². The standard InChI is InChI=1S/C18H16IN3OS2/c1-11-3-6-13(7-4-11)10-24-18-22-21-17(25-18)20-16(23)14-8-5-12(2)9-15(14)19/h3-9H,10H2,1-2H3,(H,20,21,23). The zero-order valence-corrected chi connectivity index (χ0v) is 17.5. The van der Waals surface area contributed by atoms with E-state index >= 15 is 0 Å². The molecule has 2 aromatic carbocycles. The average Bonchev–Trinajstić information content (AvgIpc) is 3.01. The Balaban J connectivity index is 1.61. The van der Waals surface area contributed by atoms with Crippen LogP contribution in [0.4, 0.5) is 5.13 Å². The highest BCUT2D eigenvalue weighted by Crippen LogP contribution is 2.28. The summed E-state index contributed by atoms with van der Waals surface area (Å²) in [6.45, 7) is 4.08. The molecule has 0 spiro atoms. The molecule has 25 heavy (non-hydrogen) atoms. The van der Waals surface area contributed by atoms with Crippen LogP contribution < -0.4 is 5.32 Å². The first-order valence-electron chi connectivity index (χ1n) is 7.60. The number of aromatic nitrogens is 2. The second-order valence-electron chi connectivity index (χ2n) is 5.58. The van der Waals surface area contributed by atoms with Crippen molar-refractivity contribution in [3.8, 4) is 0 Å². The molecule has 128 valence electrons. The van der Waals surface area contributed by atoms with E-state index in [1.54, 1.807) is 11.8 Å². The molecule has 1 heterocycles. The second-order valence-corrected chi connectivity index (χ2v) is 8.95. The summed E-state index contributed by atoms with van der Waals surface area (Å²) in [6.07, 6.45) is 0. The Kier molecular flexibility index (Phi) is 6.08. The van der Waals surface area contributed by atoms with Crippen LogP contribution in [0.15, 0.2) is 46.8 Å². The third-order valence-electron chi connectivity index (χ3n) is 3.48. The van der Waals surface area contributed by atoms with Gasteiger partial charge in [0.25, 0.3) is 5.91 Å². The summed E-state index contributed by atoms with van der Waals surface area (Å²) >= 11 is 5.19. The molecule has 1 amide bonds. The van der Waals surface area contributed by atoms with E-state index < -0.39 is 0 Å². The van der Waals surface area contributed by atoms with Crippen molar-refractivity contribution in [1.29, 1.82) is 0 Å². The molecular formula is C18H16IN3OS2. The van der Waals surface area contributed by atoms with Crippen molar-refractivity contribution in [3.05, 3.63) is 68.3 Å². The number of nitrogens with zero attached hydrogens (tertiary/aromatic N) is 2. The van der Waals surface area contributed by atoms with Crippen LogP contribution in [-0.2, 0) is 5.75 Å². The lowest BCUT2D eigenvalue weighted by Crippen LogP contribution is -2.13. The minimum Gasteiger partial charge on any atom is -0.296 e. The van der Waals surface area contributed by atoms with Gasteiger partial charge in [0.15, 0.2) is 4.34 Å². The number of aryl methyl sites for hydroxylation is 2. The van der Waals surface area contributed by atoms with Gasteiger partial charge in [0.05, 0.1) is 5.56 Å². The number of carbonyl (C=O) groups is 1. The molecule has 0 unspecified atom stereocenters. The number of carbonyl (C=O) groups excluding carboxylic acids is 1. The monoisotopic (exact) mass is 481 g/mol. The van der Waals surface area contributed by atoms with Gasteiger partial charge in [-0.05, 0) is 54.1 Å². The summed E-state index contributed by atoms with van der Waals surface area (Å²) in [5.41, 5.74) is 4.27. The molecule has 0 radical (unpaired) electrons. The van der Waals surface area contributed by atoms with Gasteiger partial charge in [-0.3, -0.25) is 10.1 Å². The summed E-state index contributed by atoms with van der Waals surface area (Å²) in [7, 11) is 0. The number of thioether (sulfide) groups is 1. The van der Waals surface area contributed by atoms with Crippen molar-refractivity contribution in [2.24, 2.45) is 0 Å². The number of benzene rings is 2. The van der Waals surface area contributed by atoms with Crippen LogP contribution in [0.2, 0.25) is 0 Å². The van der Waals surface area contributed by atoms with E-state index in [1.807, 2.05) is 25.1 Å². The SMILES string of the molecule is Cc1ccc(CSc2nnc(NC(=O)c3ccc(C)cc3I)s2)cc1. The average molecular weight is 481 g/mol. The third-order valence-corrected chi connectivity index (χ3v) is 6.41. The summed E-state index contributed by atoms with van der Waals surface area (Å²) in [4.78, 5) is 12.4. The van der Waals surface area contributed by atoms with E-state index in [2.05, 4.69) is 69.3 Å². The van der Waals surface area contributed by atoms with Gasteiger partial charge >= 0.3 is 0 Å². The molecule has 0 bridgehead atoms. The van der Waals surface area contributed by atoms with Crippen LogP contribution in [-0.4, -0.2) is 16.1 Å². The van der Waals surface area contributed by atoms with Gasteiger partial charge in [0, 0.05) is 9.32 Å². The van der Waals surface area contributed by atoms with Gasteiger partial charge in [0.1, 0.15) is 0 Å². The van der Waals surface area contributed by atoms with Crippen molar-refractivity contribution in [1.82, 2.24) is 10.2 Å². The highest BCUT2D eigenvalue weighted by atomic mass is 127. The van der Waals surface area contributed by atoms with E-state index in [4.69, 9.17) is 0 Å². The van der Waals surface area contributed by atoms with Crippen LogP contribution >= 0.6 is 45.7 Å². The summed E-state index contributed by atoms with van der Waals surface area (Å²) in [6, 6.07) is 14.2. The predicted octanol–water partition coefficient (Wildman–Crippen LogP) is 5.30. The first kappa shape index (κ1) is 18.3. The molecule has 0 aliphatic heterocycles. The maximum atomic E-state index is 12.4. The topological polar surface area (TPSA) is 54.9 Å². The van der Waals surface area contributed by atoms with E-state index in [9.17, 15) is 4.79 Å². The number of nitrogens with one attached hydrogen (secondary N) is 1. The number of anilines is 1. The summed E-state index contributed by atoms with van der Waals surface area (Å²) in [5.74, 6) is 0.675. The quantitative estimate of drug-likeness (QED) is 0.305. The van der Waals surface area contributed by atoms with E-state index in [0.717, 1.165) is 19.2 Å². The Labute approximate surface area is 168 Å². The number of hydrogen-bond acceptors (Lipinski definition) is 5. The molecule has 0 aliphatic carbocycles. The lowest BCUT2D eigenvalue weighted by atomic mass is 10.1. The Morgan fingerprint density at radius 3 is 2.56 bits per heavy atom. The Hall–Kier alpha value is -1.45. The van der Waals surface area contributed by atoms with Gasteiger partial charge in [-0.15, -0.1) is 10.2 Å². The Morgan fingerprint density at radius 1 is 1.12 bits per heavy atom. The third kappa shape index (κ3) is 5.02. The van der Waals surface area contributed by atoms with Crippen molar-refractivity contribution >= 4 is 56.7 Å². The molecule has 0 saturated carbocycles. The first-order chi connectivity index (χ1) is 12.0. The van der Waals surface area contributed by atoms with Crippen molar-refractivity contribution in [3.63, 3.8) is 0 Å². The summed E-state index contributed by atoms with van der Waals surface area (Å²) in [5, 5.41) is 11.6. The normalized spacial score (nSPS) is 10.7. The van der Waals surface area contributed by atoms with Gasteiger partial charge < -0.3 is 0 Å². The Morgan fingerprint density at radius 2 is 1.84 bits per heavy atom. The van der Waals surface area contributed by atoms with E-state index in [-0.39, 0.29) is 5.91 Å². The highest BCUT2D eigenvalue weighted by Gasteiger charge is 2.13.